The third-order valence-electron chi connectivity index (χ3n) is 2.83. The van der Waals surface area contributed by atoms with Crippen LogP contribution in [0.4, 0.5) is 5.69 Å². The molecule has 0 N–H and O–H groups in total. The second-order valence-electron chi connectivity index (χ2n) is 3.90. The second-order valence-corrected chi connectivity index (χ2v) is 4.34. The fourth-order valence-electron chi connectivity index (χ4n) is 2.04. The van der Waals surface area contributed by atoms with Gasteiger partial charge in [-0.15, -0.1) is 0 Å². The lowest BCUT2D eigenvalue weighted by Gasteiger charge is -2.35. The maximum Gasteiger partial charge on any atom is 0.0609 e. The van der Waals surface area contributed by atoms with Gasteiger partial charge in [-0.25, -0.2) is 0 Å². The maximum atomic E-state index is 5.92. The van der Waals surface area contributed by atoms with E-state index < -0.39 is 0 Å². The first kappa shape index (κ1) is 9.78. The fourth-order valence-corrected chi connectivity index (χ4v) is 2.21. The van der Waals surface area contributed by atoms with Gasteiger partial charge in [0.2, 0.25) is 0 Å². The molecule has 1 saturated heterocycles. The van der Waals surface area contributed by atoms with E-state index in [-0.39, 0.29) is 0 Å². The first-order chi connectivity index (χ1) is 6.77. The summed E-state index contributed by atoms with van der Waals surface area (Å²) in [5.74, 6) is 0. The van der Waals surface area contributed by atoms with Crippen LogP contribution in [0.25, 0.3) is 0 Å². The summed E-state index contributed by atoms with van der Waals surface area (Å²) in [5, 5.41) is 0.722. The fraction of sp³-hybridized carbons (Fsp3) is 0.545. The molecule has 0 aliphatic carbocycles. The van der Waals surface area contributed by atoms with Crippen molar-refractivity contribution in [2.24, 2.45) is 0 Å². The van der Waals surface area contributed by atoms with E-state index in [2.05, 4.69) is 16.8 Å². The molecular formula is C11H15ClN2. The molecule has 1 unspecified atom stereocenters. The molecule has 0 radical (unpaired) electrons. The van der Waals surface area contributed by atoms with E-state index >= 15 is 0 Å². The number of halogens is 1. The number of anilines is 1. The van der Waals surface area contributed by atoms with Gasteiger partial charge in [0, 0.05) is 18.8 Å². The minimum atomic E-state index is 0.615. The van der Waals surface area contributed by atoms with Crippen molar-refractivity contribution in [3.05, 3.63) is 23.5 Å². The minimum absolute atomic E-state index is 0.615. The smallest absolute Gasteiger partial charge is 0.0609 e. The predicted octanol–water partition coefficient (Wildman–Crippen LogP) is 3.11. The van der Waals surface area contributed by atoms with E-state index in [0.717, 1.165) is 17.3 Å². The van der Waals surface area contributed by atoms with Crippen molar-refractivity contribution in [3.8, 4) is 0 Å². The molecule has 0 spiro atoms. The highest BCUT2D eigenvalue weighted by atomic mass is 35.5. The van der Waals surface area contributed by atoms with Gasteiger partial charge in [0.15, 0.2) is 0 Å². The van der Waals surface area contributed by atoms with Crippen LogP contribution < -0.4 is 4.90 Å². The lowest BCUT2D eigenvalue weighted by Crippen LogP contribution is -2.37. The van der Waals surface area contributed by atoms with Gasteiger partial charge in [0.05, 0.1) is 16.9 Å². The Bertz CT molecular complexity index is 314. The maximum absolute atomic E-state index is 5.92. The van der Waals surface area contributed by atoms with E-state index in [1.165, 1.54) is 19.3 Å². The number of rotatable bonds is 1. The lowest BCUT2D eigenvalue weighted by molar-refractivity contribution is 0.484. The predicted molar refractivity (Wildman–Crippen MR) is 59.9 cm³/mol. The van der Waals surface area contributed by atoms with Crippen LogP contribution in [0.3, 0.4) is 0 Å². The van der Waals surface area contributed by atoms with Crippen molar-refractivity contribution < 1.29 is 0 Å². The van der Waals surface area contributed by atoms with E-state index in [9.17, 15) is 0 Å². The van der Waals surface area contributed by atoms with Gasteiger partial charge < -0.3 is 4.90 Å². The van der Waals surface area contributed by atoms with Gasteiger partial charge in [-0.1, -0.05) is 11.6 Å². The highest BCUT2D eigenvalue weighted by molar-refractivity contribution is 6.30. The Labute approximate surface area is 89.9 Å². The second kappa shape index (κ2) is 4.18. The van der Waals surface area contributed by atoms with Crippen molar-refractivity contribution >= 4 is 17.3 Å². The van der Waals surface area contributed by atoms with Crippen LogP contribution in [-0.2, 0) is 0 Å². The molecule has 1 aliphatic rings. The molecule has 1 aromatic rings. The van der Waals surface area contributed by atoms with E-state index in [1.807, 2.05) is 12.3 Å². The minimum Gasteiger partial charge on any atom is -0.368 e. The monoisotopic (exact) mass is 210 g/mol. The summed E-state index contributed by atoms with van der Waals surface area (Å²) in [6, 6.07) is 2.61. The molecule has 1 atom stereocenters. The molecule has 0 saturated carbocycles. The van der Waals surface area contributed by atoms with Crippen LogP contribution >= 0.6 is 11.6 Å². The largest absolute Gasteiger partial charge is 0.368 e. The average molecular weight is 211 g/mol. The lowest BCUT2D eigenvalue weighted by atomic mass is 10.0. The molecule has 1 aliphatic heterocycles. The van der Waals surface area contributed by atoms with E-state index in [0.29, 0.717) is 6.04 Å². The normalized spacial score (nSPS) is 22.4. The average Bonchev–Trinajstić information content (AvgIpc) is 2.18. The Kier molecular flexibility index (Phi) is 2.92. The van der Waals surface area contributed by atoms with Crippen molar-refractivity contribution in [2.45, 2.75) is 32.2 Å². The number of piperidine rings is 1. The molecule has 0 aromatic carbocycles. The van der Waals surface area contributed by atoms with Gasteiger partial charge in [-0.2, -0.15) is 0 Å². The van der Waals surface area contributed by atoms with Gasteiger partial charge in [0.1, 0.15) is 0 Å². The number of pyridine rings is 1. The number of hydrogen-bond donors (Lipinski definition) is 0. The van der Waals surface area contributed by atoms with Gasteiger partial charge >= 0.3 is 0 Å². The van der Waals surface area contributed by atoms with Gasteiger partial charge in [0.25, 0.3) is 0 Å². The van der Waals surface area contributed by atoms with Crippen LogP contribution in [0.15, 0.2) is 18.5 Å². The summed E-state index contributed by atoms with van der Waals surface area (Å²) >= 11 is 5.92. The van der Waals surface area contributed by atoms with Gasteiger partial charge in [-0.3, -0.25) is 4.98 Å². The Morgan fingerprint density at radius 3 is 3.00 bits per heavy atom. The molecule has 0 bridgehead atoms. The Balaban J connectivity index is 2.20. The summed E-state index contributed by atoms with van der Waals surface area (Å²) in [4.78, 5) is 6.51. The van der Waals surface area contributed by atoms with E-state index in [1.54, 1.807) is 6.20 Å². The Hall–Kier alpha value is -0.760. The first-order valence-electron chi connectivity index (χ1n) is 5.14. The quantitative estimate of drug-likeness (QED) is 0.708. The van der Waals surface area contributed by atoms with Crippen molar-refractivity contribution in [2.75, 3.05) is 11.4 Å². The van der Waals surface area contributed by atoms with Crippen LogP contribution in [0, 0.1) is 0 Å². The van der Waals surface area contributed by atoms with Crippen molar-refractivity contribution in [3.63, 3.8) is 0 Å². The molecule has 0 amide bonds. The van der Waals surface area contributed by atoms with E-state index in [4.69, 9.17) is 11.6 Å². The zero-order chi connectivity index (χ0) is 9.97. The zero-order valence-corrected chi connectivity index (χ0v) is 9.17. The Morgan fingerprint density at radius 1 is 1.43 bits per heavy atom. The van der Waals surface area contributed by atoms with Crippen LogP contribution in [-0.4, -0.2) is 17.6 Å². The highest BCUT2D eigenvalue weighted by Gasteiger charge is 2.18. The molecular weight excluding hydrogens is 196 g/mol. The summed E-state index contributed by atoms with van der Waals surface area (Å²) in [5.41, 5.74) is 1.16. The molecule has 1 aromatic heterocycles. The third-order valence-corrected chi connectivity index (χ3v) is 3.03. The molecule has 3 heteroatoms. The molecule has 2 heterocycles. The van der Waals surface area contributed by atoms with Crippen LogP contribution in [0.5, 0.6) is 0 Å². The van der Waals surface area contributed by atoms with Crippen LogP contribution in [0.2, 0.25) is 5.02 Å². The topological polar surface area (TPSA) is 16.1 Å². The number of nitrogens with zero attached hydrogens (tertiary/aromatic N) is 2. The van der Waals surface area contributed by atoms with Crippen molar-refractivity contribution in [1.82, 2.24) is 4.98 Å². The Morgan fingerprint density at radius 2 is 2.29 bits per heavy atom. The zero-order valence-electron chi connectivity index (χ0n) is 8.41. The first-order valence-corrected chi connectivity index (χ1v) is 5.52. The molecule has 14 heavy (non-hydrogen) atoms. The molecule has 2 rings (SSSR count). The summed E-state index contributed by atoms with van der Waals surface area (Å²) in [6.07, 6.45) is 7.46. The number of aromatic nitrogens is 1. The summed E-state index contributed by atoms with van der Waals surface area (Å²) in [6.45, 7) is 3.39. The SMILES string of the molecule is CC1CCCCN1c1cncc(Cl)c1. The standard InChI is InChI=1S/C11H15ClN2/c1-9-4-2-3-5-14(9)11-6-10(12)7-13-8-11/h6-9H,2-5H2,1H3. The van der Waals surface area contributed by atoms with Crippen molar-refractivity contribution in [1.29, 1.82) is 0 Å². The number of hydrogen-bond acceptors (Lipinski definition) is 2. The molecule has 76 valence electrons. The van der Waals surface area contributed by atoms with Crippen LogP contribution in [0.1, 0.15) is 26.2 Å². The molecule has 1 fully saturated rings. The summed E-state index contributed by atoms with van der Waals surface area (Å²) < 4.78 is 0. The molecule has 2 nitrogen and oxygen atoms in total. The summed E-state index contributed by atoms with van der Waals surface area (Å²) in [7, 11) is 0. The van der Waals surface area contributed by atoms with Gasteiger partial charge in [-0.05, 0) is 32.3 Å². The third kappa shape index (κ3) is 2.01. The highest BCUT2D eigenvalue weighted by Crippen LogP contribution is 2.25.